The van der Waals surface area contributed by atoms with Crippen LogP contribution < -0.4 is 5.73 Å². The standard InChI is InChI=1S/C6H9NO2/c7-6(9)5-2-1-4(5)3-8/h1-2,4-5,8H,3H2,(H2,7,9)/t4-,5-/m1/s1. The Hall–Kier alpha value is -0.830. The van der Waals surface area contributed by atoms with Crippen molar-refractivity contribution in [3.63, 3.8) is 0 Å². The van der Waals surface area contributed by atoms with Crippen LogP contribution in [0, 0.1) is 11.8 Å². The first-order chi connectivity index (χ1) is 4.25. The maximum Gasteiger partial charge on any atom is 0.225 e. The van der Waals surface area contributed by atoms with Crippen LogP contribution in [0.3, 0.4) is 0 Å². The highest BCUT2D eigenvalue weighted by molar-refractivity contribution is 5.80. The summed E-state index contributed by atoms with van der Waals surface area (Å²) < 4.78 is 0. The summed E-state index contributed by atoms with van der Waals surface area (Å²) in [6.45, 7) is 0.0180. The number of amides is 1. The number of rotatable bonds is 2. The summed E-state index contributed by atoms with van der Waals surface area (Å²) >= 11 is 0. The average molecular weight is 127 g/mol. The molecule has 1 rings (SSSR count). The molecular weight excluding hydrogens is 118 g/mol. The summed E-state index contributed by atoms with van der Waals surface area (Å²) in [6, 6.07) is 0. The van der Waals surface area contributed by atoms with Crippen molar-refractivity contribution in [1.29, 1.82) is 0 Å². The molecule has 1 aliphatic rings. The second kappa shape index (κ2) is 2.19. The molecule has 3 N–H and O–H groups in total. The molecule has 0 aromatic carbocycles. The second-order valence-corrected chi connectivity index (χ2v) is 2.16. The molecule has 0 radical (unpaired) electrons. The van der Waals surface area contributed by atoms with Crippen molar-refractivity contribution >= 4 is 5.91 Å². The van der Waals surface area contributed by atoms with E-state index >= 15 is 0 Å². The van der Waals surface area contributed by atoms with E-state index in [4.69, 9.17) is 10.8 Å². The Balaban J connectivity index is 2.48. The minimum absolute atomic E-state index is 0.0180. The van der Waals surface area contributed by atoms with Crippen molar-refractivity contribution < 1.29 is 9.90 Å². The Labute approximate surface area is 53.2 Å². The summed E-state index contributed by atoms with van der Waals surface area (Å²) in [5, 5.41) is 8.55. The molecule has 0 spiro atoms. The zero-order valence-electron chi connectivity index (χ0n) is 4.95. The second-order valence-electron chi connectivity index (χ2n) is 2.16. The Morgan fingerprint density at radius 1 is 1.67 bits per heavy atom. The van der Waals surface area contributed by atoms with Crippen LogP contribution in [0.25, 0.3) is 0 Å². The fourth-order valence-corrected chi connectivity index (χ4v) is 0.860. The van der Waals surface area contributed by atoms with Gasteiger partial charge in [-0.15, -0.1) is 0 Å². The minimum atomic E-state index is -0.350. The fourth-order valence-electron chi connectivity index (χ4n) is 0.860. The first-order valence-electron chi connectivity index (χ1n) is 2.84. The lowest BCUT2D eigenvalue weighted by Gasteiger charge is -2.23. The lowest BCUT2D eigenvalue weighted by Crippen LogP contribution is -2.34. The van der Waals surface area contributed by atoms with Crippen molar-refractivity contribution in [2.45, 2.75) is 0 Å². The molecule has 0 saturated heterocycles. The molecule has 3 nitrogen and oxygen atoms in total. The van der Waals surface area contributed by atoms with Gasteiger partial charge >= 0.3 is 0 Å². The van der Waals surface area contributed by atoms with Gasteiger partial charge in [-0.1, -0.05) is 12.2 Å². The van der Waals surface area contributed by atoms with Gasteiger partial charge in [-0.05, 0) is 0 Å². The van der Waals surface area contributed by atoms with Crippen LogP contribution in [0.2, 0.25) is 0 Å². The van der Waals surface area contributed by atoms with Gasteiger partial charge in [-0.25, -0.2) is 0 Å². The van der Waals surface area contributed by atoms with Crippen LogP contribution in [0.5, 0.6) is 0 Å². The normalized spacial score (nSPS) is 31.7. The zero-order chi connectivity index (χ0) is 6.85. The number of aliphatic hydroxyl groups is 1. The largest absolute Gasteiger partial charge is 0.396 e. The Bertz CT molecular complexity index is 153. The zero-order valence-corrected chi connectivity index (χ0v) is 4.95. The third kappa shape index (κ3) is 0.954. The minimum Gasteiger partial charge on any atom is -0.396 e. The van der Waals surface area contributed by atoms with E-state index in [9.17, 15) is 4.79 Å². The summed E-state index contributed by atoms with van der Waals surface area (Å²) in [7, 11) is 0. The number of aliphatic hydroxyl groups excluding tert-OH is 1. The third-order valence-corrected chi connectivity index (χ3v) is 1.57. The van der Waals surface area contributed by atoms with Crippen LogP contribution in [-0.4, -0.2) is 17.6 Å². The molecule has 3 heteroatoms. The van der Waals surface area contributed by atoms with Crippen molar-refractivity contribution in [2.75, 3.05) is 6.61 Å². The number of primary amides is 1. The molecule has 0 bridgehead atoms. The topological polar surface area (TPSA) is 63.3 Å². The van der Waals surface area contributed by atoms with E-state index in [1.807, 2.05) is 0 Å². The van der Waals surface area contributed by atoms with Gasteiger partial charge in [0.05, 0.1) is 12.5 Å². The van der Waals surface area contributed by atoms with Crippen LogP contribution in [-0.2, 0) is 4.79 Å². The van der Waals surface area contributed by atoms with Crippen LogP contribution in [0.1, 0.15) is 0 Å². The molecule has 0 fully saturated rings. The molecule has 1 amide bonds. The molecule has 1 aliphatic carbocycles. The van der Waals surface area contributed by atoms with Crippen molar-refractivity contribution in [3.8, 4) is 0 Å². The molecule has 0 unspecified atom stereocenters. The molecule has 0 aromatic heterocycles. The first-order valence-corrected chi connectivity index (χ1v) is 2.84. The maximum atomic E-state index is 10.4. The van der Waals surface area contributed by atoms with E-state index in [0.717, 1.165) is 0 Å². The third-order valence-electron chi connectivity index (χ3n) is 1.57. The van der Waals surface area contributed by atoms with Gasteiger partial charge in [0.1, 0.15) is 0 Å². The summed E-state index contributed by atoms with van der Waals surface area (Å²) in [5.41, 5.74) is 4.96. The summed E-state index contributed by atoms with van der Waals surface area (Å²) in [4.78, 5) is 10.4. The number of nitrogens with two attached hydrogens (primary N) is 1. The van der Waals surface area contributed by atoms with E-state index in [1.54, 1.807) is 12.2 Å². The van der Waals surface area contributed by atoms with Crippen molar-refractivity contribution in [3.05, 3.63) is 12.2 Å². The van der Waals surface area contributed by atoms with E-state index in [-0.39, 0.29) is 24.3 Å². The van der Waals surface area contributed by atoms with Crippen LogP contribution in [0.4, 0.5) is 0 Å². The molecule has 9 heavy (non-hydrogen) atoms. The molecule has 0 heterocycles. The summed E-state index contributed by atoms with van der Waals surface area (Å²) in [6.07, 6.45) is 3.50. The van der Waals surface area contributed by atoms with Gasteiger partial charge < -0.3 is 10.8 Å². The average Bonchev–Trinajstić information content (AvgIpc) is 1.61. The SMILES string of the molecule is NC(=O)[C@@H]1C=C[C@@H]1CO. The van der Waals surface area contributed by atoms with Crippen LogP contribution >= 0.6 is 0 Å². The van der Waals surface area contributed by atoms with E-state index in [0.29, 0.717) is 0 Å². The Kier molecular flexibility index (Phi) is 1.53. The van der Waals surface area contributed by atoms with E-state index in [2.05, 4.69) is 0 Å². The number of carbonyl (C=O) groups is 1. The first kappa shape index (κ1) is 6.29. The van der Waals surface area contributed by atoms with Gasteiger partial charge in [0.2, 0.25) is 5.91 Å². The summed E-state index contributed by atoms with van der Waals surface area (Å²) in [5.74, 6) is -0.603. The highest BCUT2D eigenvalue weighted by Crippen LogP contribution is 2.23. The van der Waals surface area contributed by atoms with Crippen molar-refractivity contribution in [1.82, 2.24) is 0 Å². The van der Waals surface area contributed by atoms with Crippen LogP contribution in [0.15, 0.2) is 12.2 Å². The van der Waals surface area contributed by atoms with Gasteiger partial charge in [0.15, 0.2) is 0 Å². The molecule has 0 saturated carbocycles. The lowest BCUT2D eigenvalue weighted by atomic mass is 9.82. The lowest BCUT2D eigenvalue weighted by molar-refractivity contribution is -0.122. The molecular formula is C6H9NO2. The predicted molar refractivity (Wildman–Crippen MR) is 32.4 cm³/mol. The predicted octanol–water partition coefficient (Wildman–Crippen LogP) is -0.734. The highest BCUT2D eigenvalue weighted by Gasteiger charge is 2.27. The Morgan fingerprint density at radius 2 is 2.33 bits per heavy atom. The van der Waals surface area contributed by atoms with Gasteiger partial charge in [-0.2, -0.15) is 0 Å². The molecule has 2 atom stereocenters. The quantitative estimate of drug-likeness (QED) is 0.480. The molecule has 50 valence electrons. The monoisotopic (exact) mass is 127 g/mol. The van der Waals surface area contributed by atoms with Gasteiger partial charge in [-0.3, -0.25) is 4.79 Å². The highest BCUT2D eigenvalue weighted by atomic mass is 16.3. The number of carbonyl (C=O) groups excluding carboxylic acids is 1. The number of hydrogen-bond acceptors (Lipinski definition) is 2. The number of hydrogen-bond donors (Lipinski definition) is 2. The smallest absolute Gasteiger partial charge is 0.225 e. The molecule has 0 aromatic rings. The van der Waals surface area contributed by atoms with E-state index in [1.165, 1.54) is 0 Å². The molecule has 0 aliphatic heterocycles. The fraction of sp³-hybridized carbons (Fsp3) is 0.500. The van der Waals surface area contributed by atoms with E-state index < -0.39 is 0 Å². The van der Waals surface area contributed by atoms with Gasteiger partial charge in [0.25, 0.3) is 0 Å². The Morgan fingerprint density at radius 3 is 2.44 bits per heavy atom. The maximum absolute atomic E-state index is 10.4. The van der Waals surface area contributed by atoms with Crippen molar-refractivity contribution in [2.24, 2.45) is 17.6 Å². The van der Waals surface area contributed by atoms with Gasteiger partial charge in [0, 0.05) is 5.92 Å².